The van der Waals surface area contributed by atoms with Gasteiger partial charge in [0.15, 0.2) is 0 Å². The Bertz CT molecular complexity index is 492. The van der Waals surface area contributed by atoms with Crippen molar-refractivity contribution in [3.8, 4) is 0 Å². The van der Waals surface area contributed by atoms with Crippen molar-refractivity contribution in [1.82, 2.24) is 0 Å². The van der Waals surface area contributed by atoms with Crippen LogP contribution in [0.5, 0.6) is 0 Å². The average Bonchev–Trinajstić information content (AvgIpc) is 3.31. The number of hydrogen-bond donors (Lipinski definition) is 0. The third-order valence-corrected chi connectivity index (χ3v) is 18.5. The summed E-state index contributed by atoms with van der Waals surface area (Å²) < 4.78 is 0. The fourth-order valence-corrected chi connectivity index (χ4v) is 19.6. The molecule has 27 heavy (non-hydrogen) atoms. The van der Waals surface area contributed by atoms with E-state index in [-0.39, 0.29) is 0 Å². The molecule has 0 aromatic rings. The third kappa shape index (κ3) is 2.87. The van der Waals surface area contributed by atoms with Crippen molar-refractivity contribution in [1.29, 1.82) is 0 Å². The first-order chi connectivity index (χ1) is 13.0. The van der Waals surface area contributed by atoms with Crippen LogP contribution in [0.15, 0.2) is 0 Å². The van der Waals surface area contributed by atoms with Crippen LogP contribution in [0.3, 0.4) is 0 Å². The summed E-state index contributed by atoms with van der Waals surface area (Å²) in [6.45, 7) is 10.7. The fourth-order valence-electron chi connectivity index (χ4n) is 10.7. The molecule has 0 N–H and O–H groups in total. The van der Waals surface area contributed by atoms with E-state index in [2.05, 4.69) is 27.7 Å². The zero-order valence-corrected chi connectivity index (χ0v) is 19.8. The van der Waals surface area contributed by atoms with Gasteiger partial charge in [0, 0.05) is 0 Å². The van der Waals surface area contributed by atoms with Crippen LogP contribution in [0.2, 0.25) is 23.2 Å². The Morgan fingerprint density at radius 2 is 0.926 bits per heavy atom. The molecule has 0 nitrogen and oxygen atoms in total. The molecule has 1 aliphatic heterocycles. The van der Waals surface area contributed by atoms with E-state index in [9.17, 15) is 0 Å². The first-order valence-corrected chi connectivity index (χ1v) is 15.6. The van der Waals surface area contributed by atoms with Gasteiger partial charge in [0.1, 0.15) is 0 Å². The molecule has 5 fully saturated rings. The second kappa shape index (κ2) is 7.17. The van der Waals surface area contributed by atoms with E-state index in [4.69, 9.17) is 0 Å². The molecule has 0 radical (unpaired) electrons. The highest BCUT2D eigenvalue weighted by molar-refractivity contribution is 6.83. The summed E-state index contributed by atoms with van der Waals surface area (Å²) in [4.78, 5) is 0. The summed E-state index contributed by atoms with van der Waals surface area (Å²) in [6, 6.07) is 3.48. The van der Waals surface area contributed by atoms with Crippen molar-refractivity contribution in [3.63, 3.8) is 0 Å². The lowest BCUT2D eigenvalue weighted by Gasteiger charge is -2.50. The van der Waals surface area contributed by atoms with Gasteiger partial charge in [-0.1, -0.05) is 91.1 Å². The average molecular weight is 387 g/mol. The molecule has 0 spiro atoms. The molecule has 10 unspecified atom stereocenters. The Morgan fingerprint density at radius 3 is 1.37 bits per heavy atom. The molecule has 154 valence electrons. The second-order valence-corrected chi connectivity index (χ2v) is 17.2. The van der Waals surface area contributed by atoms with Crippen LogP contribution >= 0.6 is 0 Å². The number of rotatable bonds is 2. The van der Waals surface area contributed by atoms with E-state index >= 15 is 0 Å². The predicted molar refractivity (Wildman–Crippen MR) is 120 cm³/mol. The van der Waals surface area contributed by atoms with Crippen LogP contribution in [0, 0.1) is 47.3 Å². The zero-order chi connectivity index (χ0) is 18.8. The largest absolute Gasteiger partial charge is 0.0625 e. The highest BCUT2D eigenvalue weighted by atomic mass is 28.3. The Morgan fingerprint density at radius 1 is 0.481 bits per heavy atom. The van der Waals surface area contributed by atoms with E-state index in [1.54, 1.807) is 63.5 Å². The maximum absolute atomic E-state index is 2.73. The van der Waals surface area contributed by atoms with Crippen molar-refractivity contribution >= 4 is 8.07 Å². The second-order valence-electron chi connectivity index (χ2n) is 12.4. The SMILES string of the molecule is CC1CCCC2C1CC(C)C2[Si]1(C2C(C)CC3C(C)CCCC32)CCCC1. The quantitative estimate of drug-likeness (QED) is 0.420. The number of fused-ring (bicyclic) bond motifs is 2. The highest BCUT2D eigenvalue weighted by Gasteiger charge is 2.62. The van der Waals surface area contributed by atoms with E-state index in [0.29, 0.717) is 0 Å². The summed E-state index contributed by atoms with van der Waals surface area (Å²) in [5.74, 6) is 8.74. The van der Waals surface area contributed by atoms with Crippen molar-refractivity contribution in [2.24, 2.45) is 47.3 Å². The topological polar surface area (TPSA) is 0 Å². The van der Waals surface area contributed by atoms with E-state index in [0.717, 1.165) is 47.3 Å². The molecule has 0 amide bonds. The molecule has 0 aromatic heterocycles. The standard InChI is InChI=1S/C26H46Si/c1-17-9-7-11-21-23(17)15-19(3)25(21)27(13-5-6-14-27)26-20(4)16-24-18(2)10-8-12-22(24)26/h17-26H,5-16H2,1-4H3. The van der Waals surface area contributed by atoms with Crippen molar-refractivity contribution in [2.45, 2.75) is 115 Å². The van der Waals surface area contributed by atoms with Crippen molar-refractivity contribution in [2.75, 3.05) is 0 Å². The molecule has 1 heterocycles. The van der Waals surface area contributed by atoms with Gasteiger partial charge in [-0.15, -0.1) is 0 Å². The van der Waals surface area contributed by atoms with Gasteiger partial charge in [0.25, 0.3) is 0 Å². The van der Waals surface area contributed by atoms with Crippen LogP contribution in [0.1, 0.15) is 91.9 Å². The van der Waals surface area contributed by atoms with Gasteiger partial charge in [-0.3, -0.25) is 0 Å². The molecule has 4 aliphatic carbocycles. The molecule has 5 rings (SSSR count). The lowest BCUT2D eigenvalue weighted by Crippen LogP contribution is -2.49. The molecule has 1 saturated heterocycles. The predicted octanol–water partition coefficient (Wildman–Crippen LogP) is 8.15. The normalized spacial score (nSPS) is 54.7. The third-order valence-electron chi connectivity index (χ3n) is 11.3. The van der Waals surface area contributed by atoms with Crippen LogP contribution in [-0.2, 0) is 0 Å². The molecule has 0 bridgehead atoms. The Hall–Kier alpha value is 0.217. The summed E-state index contributed by atoms with van der Waals surface area (Å²) in [5, 5.41) is 0. The Kier molecular flexibility index (Phi) is 5.10. The zero-order valence-electron chi connectivity index (χ0n) is 18.8. The van der Waals surface area contributed by atoms with Crippen LogP contribution in [0.25, 0.3) is 0 Å². The Balaban J connectivity index is 1.51. The summed E-state index contributed by atoms with van der Waals surface area (Å²) in [5.41, 5.74) is 2.44. The van der Waals surface area contributed by atoms with E-state index < -0.39 is 8.07 Å². The molecule has 10 atom stereocenters. The Labute approximate surface area is 170 Å². The smallest absolute Gasteiger partial charge is 0.0609 e. The highest BCUT2D eigenvalue weighted by Crippen LogP contribution is 2.69. The van der Waals surface area contributed by atoms with Gasteiger partial charge in [-0.05, 0) is 71.3 Å². The minimum atomic E-state index is -1.17. The first kappa shape index (κ1) is 19.2. The molecular weight excluding hydrogens is 340 g/mol. The fraction of sp³-hybridized carbons (Fsp3) is 1.00. The van der Waals surface area contributed by atoms with Crippen LogP contribution < -0.4 is 0 Å². The van der Waals surface area contributed by atoms with Gasteiger partial charge in [-0.2, -0.15) is 0 Å². The maximum Gasteiger partial charge on any atom is 0.0609 e. The summed E-state index contributed by atoms with van der Waals surface area (Å²) >= 11 is 0. The van der Waals surface area contributed by atoms with Gasteiger partial charge >= 0.3 is 0 Å². The van der Waals surface area contributed by atoms with Gasteiger partial charge < -0.3 is 0 Å². The molecule has 0 aromatic carbocycles. The molecule has 5 aliphatic rings. The minimum Gasteiger partial charge on any atom is -0.0625 e. The lowest BCUT2D eigenvalue weighted by atomic mass is 9.74. The van der Waals surface area contributed by atoms with Crippen LogP contribution in [0.4, 0.5) is 0 Å². The molecule has 4 saturated carbocycles. The van der Waals surface area contributed by atoms with E-state index in [1.807, 2.05) is 0 Å². The monoisotopic (exact) mass is 386 g/mol. The van der Waals surface area contributed by atoms with E-state index in [1.165, 1.54) is 23.9 Å². The maximum atomic E-state index is 2.73. The van der Waals surface area contributed by atoms with Gasteiger partial charge in [0.05, 0.1) is 8.07 Å². The minimum absolute atomic E-state index is 1.03. The molecule has 1 heteroatoms. The lowest BCUT2D eigenvalue weighted by molar-refractivity contribution is 0.188. The first-order valence-electron chi connectivity index (χ1n) is 13.0. The summed E-state index contributed by atoms with van der Waals surface area (Å²) in [7, 11) is -1.17. The number of hydrogen-bond acceptors (Lipinski definition) is 0. The van der Waals surface area contributed by atoms with Gasteiger partial charge in [-0.25, -0.2) is 0 Å². The molecular formula is C26H46Si. The van der Waals surface area contributed by atoms with Gasteiger partial charge in [0.2, 0.25) is 0 Å². The van der Waals surface area contributed by atoms with Crippen molar-refractivity contribution in [3.05, 3.63) is 0 Å². The van der Waals surface area contributed by atoms with Crippen LogP contribution in [-0.4, -0.2) is 8.07 Å². The summed E-state index contributed by atoms with van der Waals surface area (Å²) in [6.07, 6.45) is 15.9. The van der Waals surface area contributed by atoms with Crippen molar-refractivity contribution < 1.29 is 0 Å².